The number of alkyl halides is 3. The minimum Gasteiger partial charge on any atom is -0.405 e. The van der Waals surface area contributed by atoms with E-state index in [0.29, 0.717) is 31.0 Å². The molecule has 2 N–H and O–H groups in total. The number of para-hydroxylation sites is 1. The van der Waals surface area contributed by atoms with Crippen molar-refractivity contribution in [1.82, 2.24) is 15.8 Å². The first-order chi connectivity index (χ1) is 14.4. The molecule has 1 fully saturated rings. The van der Waals surface area contributed by atoms with Crippen molar-refractivity contribution < 1.29 is 22.4 Å². The van der Waals surface area contributed by atoms with E-state index in [1.807, 2.05) is 20.8 Å². The van der Waals surface area contributed by atoms with E-state index in [1.54, 1.807) is 12.1 Å². The Labute approximate surface area is 197 Å². The molecule has 1 aromatic heterocycles. The third-order valence-electron chi connectivity index (χ3n) is 5.00. The Morgan fingerprint density at radius 2 is 1.97 bits per heavy atom. The molecule has 3 rings (SSSR count). The van der Waals surface area contributed by atoms with E-state index >= 15 is 0 Å². The van der Waals surface area contributed by atoms with Crippen molar-refractivity contribution in [1.29, 1.82) is 0 Å². The molecule has 2 unspecified atom stereocenters. The van der Waals surface area contributed by atoms with Gasteiger partial charge in [-0.3, -0.25) is 0 Å². The summed E-state index contributed by atoms with van der Waals surface area (Å²) in [4.78, 5) is 4.65. The van der Waals surface area contributed by atoms with Gasteiger partial charge in [0.2, 0.25) is 0 Å². The number of hydrogen-bond donors (Lipinski definition) is 2. The monoisotopic (exact) mass is 552 g/mol. The van der Waals surface area contributed by atoms with Gasteiger partial charge in [0.05, 0.1) is 12.2 Å². The fraction of sp³-hybridized carbons (Fsp3) is 0.524. The third-order valence-corrected chi connectivity index (χ3v) is 5.00. The van der Waals surface area contributed by atoms with Crippen molar-refractivity contribution in [3.05, 3.63) is 46.8 Å². The molecule has 172 valence electrons. The maximum absolute atomic E-state index is 12.7. The van der Waals surface area contributed by atoms with Gasteiger partial charge < -0.3 is 19.9 Å². The van der Waals surface area contributed by atoms with Gasteiger partial charge in [-0.1, -0.05) is 37.2 Å². The predicted molar refractivity (Wildman–Crippen MR) is 123 cm³/mol. The first-order valence-electron chi connectivity index (χ1n) is 10.2. The fourth-order valence-corrected chi connectivity index (χ4v) is 3.47. The number of ether oxygens (including phenoxy) is 1. The van der Waals surface area contributed by atoms with Crippen molar-refractivity contribution in [3.8, 4) is 5.75 Å². The summed E-state index contributed by atoms with van der Waals surface area (Å²) in [6.45, 7) is 7.08. The van der Waals surface area contributed by atoms with Gasteiger partial charge in [-0.05, 0) is 31.4 Å². The molecule has 1 aromatic carbocycles. The molecule has 31 heavy (non-hydrogen) atoms. The van der Waals surface area contributed by atoms with E-state index in [1.165, 1.54) is 12.1 Å². The summed E-state index contributed by atoms with van der Waals surface area (Å²) < 4.78 is 47.6. The minimum atomic E-state index is -4.71. The van der Waals surface area contributed by atoms with Gasteiger partial charge in [-0.25, -0.2) is 4.99 Å². The number of aryl methyl sites for hydroxylation is 2. The van der Waals surface area contributed by atoms with Crippen molar-refractivity contribution in [3.63, 3.8) is 0 Å². The van der Waals surface area contributed by atoms with Gasteiger partial charge in [0, 0.05) is 30.5 Å². The zero-order valence-electron chi connectivity index (χ0n) is 17.8. The zero-order valence-corrected chi connectivity index (χ0v) is 20.1. The van der Waals surface area contributed by atoms with Crippen molar-refractivity contribution in [2.24, 2.45) is 4.99 Å². The number of aromatic nitrogens is 1. The number of hydrogen-bond acceptors (Lipinski definition) is 4. The highest BCUT2D eigenvalue weighted by molar-refractivity contribution is 14.0. The van der Waals surface area contributed by atoms with Crippen LogP contribution in [0.15, 0.2) is 33.8 Å². The van der Waals surface area contributed by atoms with Gasteiger partial charge in [0.25, 0.3) is 0 Å². The first-order valence-corrected chi connectivity index (χ1v) is 10.2. The second-order valence-electron chi connectivity index (χ2n) is 7.11. The van der Waals surface area contributed by atoms with Gasteiger partial charge >= 0.3 is 6.36 Å². The number of nitrogens with zero attached hydrogens (tertiary/aromatic N) is 2. The van der Waals surface area contributed by atoms with Crippen LogP contribution in [-0.2, 0) is 19.4 Å². The van der Waals surface area contributed by atoms with Gasteiger partial charge in [0.1, 0.15) is 11.5 Å². The Balaban J connectivity index is 0.00000341. The molecule has 10 heteroatoms. The predicted octanol–water partition coefficient (Wildman–Crippen LogP) is 4.93. The third kappa shape index (κ3) is 6.75. The Hall–Kier alpha value is -1.98. The molecule has 1 heterocycles. The number of halogens is 4. The summed E-state index contributed by atoms with van der Waals surface area (Å²) in [5.74, 6) is 1.23. The number of aliphatic imine (C=N–C) groups is 1. The second kappa shape index (κ2) is 11.1. The maximum atomic E-state index is 12.7. The van der Waals surface area contributed by atoms with Crippen molar-refractivity contribution in [2.75, 3.05) is 6.54 Å². The largest absolute Gasteiger partial charge is 0.573 e. The van der Waals surface area contributed by atoms with Crippen LogP contribution in [0, 0.1) is 0 Å². The van der Waals surface area contributed by atoms with Crippen LogP contribution in [-0.4, -0.2) is 30.1 Å². The molecule has 1 aliphatic rings. The lowest BCUT2D eigenvalue weighted by atomic mass is 10.1. The van der Waals surface area contributed by atoms with E-state index in [-0.39, 0.29) is 41.7 Å². The van der Waals surface area contributed by atoms with Crippen LogP contribution in [0.3, 0.4) is 0 Å². The first kappa shape index (κ1) is 25.3. The Kier molecular flexibility index (Phi) is 9.01. The second-order valence-corrected chi connectivity index (χ2v) is 7.11. The van der Waals surface area contributed by atoms with Crippen LogP contribution in [0.2, 0.25) is 0 Å². The molecule has 0 amide bonds. The van der Waals surface area contributed by atoms with Crippen LogP contribution >= 0.6 is 24.0 Å². The van der Waals surface area contributed by atoms with E-state index < -0.39 is 6.36 Å². The van der Waals surface area contributed by atoms with E-state index in [0.717, 1.165) is 29.9 Å². The lowest BCUT2D eigenvalue weighted by Crippen LogP contribution is -2.39. The molecule has 0 bridgehead atoms. The standard InChI is InChI=1S/C21H27F3N4O2.HI/c1-4-16-15(18(5-2)30-28-16)12-26-20(25-6-3)27-17-11-14(17)13-9-7-8-10-19(13)29-21(22,23)24;/h7-10,14,17H,4-6,11-12H2,1-3H3,(H2,25,26,27);1H. The zero-order chi connectivity index (χ0) is 21.7. The highest BCUT2D eigenvalue weighted by atomic mass is 127. The highest BCUT2D eigenvalue weighted by Crippen LogP contribution is 2.45. The molecule has 1 aliphatic carbocycles. The summed E-state index contributed by atoms with van der Waals surface area (Å²) in [6, 6.07) is 6.27. The Bertz CT molecular complexity index is 864. The van der Waals surface area contributed by atoms with Gasteiger partial charge in [0.15, 0.2) is 5.96 Å². The SMILES string of the molecule is CCNC(=NCc1c(CC)noc1CC)NC1CC1c1ccccc1OC(F)(F)F.I. The molecule has 1 saturated carbocycles. The number of nitrogens with one attached hydrogen (secondary N) is 2. The topological polar surface area (TPSA) is 71.7 Å². The van der Waals surface area contributed by atoms with Crippen molar-refractivity contribution >= 4 is 29.9 Å². The van der Waals surface area contributed by atoms with E-state index in [2.05, 4.69) is 25.5 Å². The highest BCUT2D eigenvalue weighted by Gasteiger charge is 2.42. The molecule has 0 radical (unpaired) electrons. The average molecular weight is 552 g/mol. The van der Waals surface area contributed by atoms with Crippen molar-refractivity contribution in [2.45, 2.75) is 64.9 Å². The molecule has 2 aromatic rings. The minimum absolute atomic E-state index is 0. The van der Waals surface area contributed by atoms with Crippen LogP contribution in [0.5, 0.6) is 5.75 Å². The normalized spacial score (nSPS) is 18.3. The number of benzene rings is 1. The Morgan fingerprint density at radius 1 is 1.23 bits per heavy atom. The lowest BCUT2D eigenvalue weighted by Gasteiger charge is -2.14. The van der Waals surface area contributed by atoms with E-state index in [4.69, 9.17) is 4.52 Å². The maximum Gasteiger partial charge on any atom is 0.573 e. The lowest BCUT2D eigenvalue weighted by molar-refractivity contribution is -0.274. The summed E-state index contributed by atoms with van der Waals surface area (Å²) in [5.41, 5.74) is 2.44. The Morgan fingerprint density at radius 3 is 2.61 bits per heavy atom. The molecule has 2 atom stereocenters. The van der Waals surface area contributed by atoms with Gasteiger partial charge in [-0.15, -0.1) is 37.1 Å². The summed E-state index contributed by atoms with van der Waals surface area (Å²) in [6.07, 6.45) is -2.51. The molecule has 0 aliphatic heterocycles. The van der Waals surface area contributed by atoms with Crippen LogP contribution in [0.25, 0.3) is 0 Å². The van der Waals surface area contributed by atoms with Crippen LogP contribution in [0.4, 0.5) is 13.2 Å². The number of guanidine groups is 1. The quantitative estimate of drug-likeness (QED) is 0.276. The van der Waals surface area contributed by atoms with Gasteiger partial charge in [-0.2, -0.15) is 0 Å². The molecule has 6 nitrogen and oxygen atoms in total. The molecular formula is C21H28F3IN4O2. The summed E-state index contributed by atoms with van der Waals surface area (Å²) in [5, 5.41) is 10.6. The fourth-order valence-electron chi connectivity index (χ4n) is 3.47. The van der Waals surface area contributed by atoms with Crippen LogP contribution in [0.1, 0.15) is 55.7 Å². The number of rotatable bonds is 8. The molecule has 0 spiro atoms. The van der Waals surface area contributed by atoms with E-state index in [9.17, 15) is 13.2 Å². The van der Waals surface area contributed by atoms with Crippen LogP contribution < -0.4 is 15.4 Å². The summed E-state index contributed by atoms with van der Waals surface area (Å²) >= 11 is 0. The smallest absolute Gasteiger partial charge is 0.405 e. The molecule has 0 saturated heterocycles. The summed E-state index contributed by atoms with van der Waals surface area (Å²) in [7, 11) is 0. The average Bonchev–Trinajstić information content (AvgIpc) is 3.33. The molecular weight excluding hydrogens is 524 g/mol.